The predicted molar refractivity (Wildman–Crippen MR) is 414 cm³/mol. The third kappa shape index (κ3) is 10.1. The summed E-state index contributed by atoms with van der Waals surface area (Å²) in [5, 5.41) is 2.37. The van der Waals surface area contributed by atoms with E-state index in [1.807, 2.05) is 6.07 Å². The summed E-state index contributed by atoms with van der Waals surface area (Å²) in [4.78, 5) is 2.56. The molecule has 0 N–H and O–H groups in total. The van der Waals surface area contributed by atoms with Crippen LogP contribution < -0.4 is 26.0 Å². The Kier molecular flexibility index (Phi) is 12.8. The topological polar surface area (TPSA) is 17.4 Å². The zero-order valence-corrected chi connectivity index (χ0v) is 58.7. The molecule has 0 radical (unpaired) electrons. The van der Waals surface area contributed by atoms with Crippen LogP contribution in [0.3, 0.4) is 0 Å². The van der Waals surface area contributed by atoms with Crippen molar-refractivity contribution in [3.8, 4) is 61.7 Å². The number of fused-ring (bicyclic) bond motifs is 13. The highest BCUT2D eigenvalue weighted by Crippen LogP contribution is 2.59. The number of benzene rings is 12. The smallest absolute Gasteiger partial charge is 0.247 e. The molecule has 3 aliphatic rings. The minimum Gasteiger partial charge on any atom is -0.457 e. The minimum atomic E-state index is -1.05. The highest BCUT2D eigenvalue weighted by molar-refractivity contribution is 6.99. The average Bonchev–Trinajstić information content (AvgIpc) is 0.694. The van der Waals surface area contributed by atoms with Gasteiger partial charge in [-0.15, -0.1) is 0 Å². The van der Waals surface area contributed by atoms with Crippen LogP contribution in [0.5, 0.6) is 11.5 Å². The van der Waals surface area contributed by atoms with Gasteiger partial charge in [-0.05, 0) is 177 Å². The van der Waals surface area contributed by atoms with Crippen molar-refractivity contribution in [1.82, 2.24) is 4.57 Å². The van der Waals surface area contributed by atoms with Crippen LogP contribution in [-0.4, -0.2) is 11.3 Å². The lowest BCUT2D eigenvalue weighted by molar-refractivity contribution is 0.435. The number of nitrogens with zero attached hydrogens (tertiary/aromatic N) is 2. The number of rotatable bonds is 6. The summed E-state index contributed by atoms with van der Waals surface area (Å²) in [5.74, 6) is 1.54. The van der Waals surface area contributed by atoms with Crippen molar-refractivity contribution >= 4 is 62.0 Å². The summed E-state index contributed by atoms with van der Waals surface area (Å²) in [5.41, 5.74) is 24.8. The first-order valence-corrected chi connectivity index (χ1v) is 34.6. The first-order chi connectivity index (χ1) is 48.3. The quantitative estimate of drug-likeness (QED) is 0.154. The molecule has 0 amide bonds. The van der Waals surface area contributed by atoms with Crippen LogP contribution in [0.15, 0.2) is 255 Å². The van der Waals surface area contributed by atoms with Gasteiger partial charge in [0.15, 0.2) is 0 Å². The fourth-order valence-corrected chi connectivity index (χ4v) is 15.9. The second-order valence-corrected chi connectivity index (χ2v) is 32.6. The van der Waals surface area contributed by atoms with Gasteiger partial charge in [-0.3, -0.25) is 0 Å². The van der Waals surface area contributed by atoms with Gasteiger partial charge in [0, 0.05) is 50.1 Å². The lowest BCUT2D eigenvalue weighted by atomic mass is 9.29. The molecule has 3 nitrogen and oxygen atoms in total. The molecular formula is C93H87BN2O. The summed E-state index contributed by atoms with van der Waals surface area (Å²) in [6, 6.07) is 82.1. The molecule has 4 heterocycles. The largest absolute Gasteiger partial charge is 0.457 e. The van der Waals surface area contributed by atoms with Gasteiger partial charge in [0.1, 0.15) is 11.5 Å². The molecule has 12 aromatic carbocycles. The van der Waals surface area contributed by atoms with E-state index in [4.69, 9.17) is 6.11 Å². The Balaban J connectivity index is 1.16. The van der Waals surface area contributed by atoms with Gasteiger partial charge in [-0.25, -0.2) is 0 Å². The molecule has 3 aliphatic heterocycles. The van der Waals surface area contributed by atoms with Crippen LogP contribution in [0.2, 0.25) is 0 Å². The fourth-order valence-electron chi connectivity index (χ4n) is 15.9. The van der Waals surface area contributed by atoms with Crippen LogP contribution in [0.1, 0.15) is 161 Å². The Morgan fingerprint density at radius 2 is 0.825 bits per heavy atom. The second-order valence-electron chi connectivity index (χ2n) is 32.6. The van der Waals surface area contributed by atoms with E-state index >= 15 is 0 Å². The summed E-state index contributed by atoms with van der Waals surface area (Å²) in [6.45, 7) is 34.0. The molecule has 0 saturated carbocycles. The molecule has 1 aromatic heterocycles. The number of aromatic nitrogens is 1. The van der Waals surface area contributed by atoms with Gasteiger partial charge in [-0.1, -0.05) is 297 Å². The Morgan fingerprint density at radius 3 is 1.35 bits per heavy atom. The van der Waals surface area contributed by atoms with E-state index in [2.05, 4.69) is 332 Å². The number of anilines is 3. The van der Waals surface area contributed by atoms with Crippen molar-refractivity contribution in [2.75, 3.05) is 4.90 Å². The molecular weight excluding hydrogens is 1170 g/mol. The molecule has 478 valence electrons. The number of hydrogen-bond donors (Lipinski definition) is 0. The SMILES string of the molecule is [2H]c1c([2H])c([2H])c(-c2ccc3c(c2)B2c4cc(-c5cc(C(C)(C)C)cc(C(C)(C)C)c5)ccc4C4(c5ccccc5Oc5ccccc54)c4cc(-n5c6ccc(C(C)(C)C)cc6c6cc(C(C)(C)C)ccc65)cc(c42)N3c2c(-c3ccccc3)cc(C(C)(C)C)cc2-c2ccccc2)c([2H])c1[2H]. The standard InChI is InChI=1S/C93H87BN2O/c1-88(2,3)64-41-45-80-72(52-64)73-53-65(89(4,5)6)42-46-81(73)95(80)69-56-77-86-83(57-69)96(87-70(59-31-21-17-22-32-59)54-68(92(13,14)15)55-71(87)60-33-23-18-24-34-60)82-44-40-61(58-29-19-16-20-30-58)50-79(82)94(86)78-49-62(63-47-66(90(7,8)9)51-67(48-63)91(10,11)12)39-43-74(78)93(77)75-35-25-27-37-84(75)97-85-38-28-26-36-76(85)93/h16-57H,1-15H3/i16D,19D,20D,29D,30D. The molecule has 0 atom stereocenters. The van der Waals surface area contributed by atoms with Crippen molar-refractivity contribution in [3.05, 3.63) is 305 Å². The molecule has 0 bridgehead atoms. The first kappa shape index (κ1) is 56.3. The molecule has 0 saturated heterocycles. The van der Waals surface area contributed by atoms with Crippen molar-refractivity contribution in [1.29, 1.82) is 0 Å². The van der Waals surface area contributed by atoms with E-state index in [9.17, 15) is 5.48 Å². The van der Waals surface area contributed by atoms with Crippen LogP contribution in [0, 0.1) is 0 Å². The molecule has 97 heavy (non-hydrogen) atoms. The van der Waals surface area contributed by atoms with Crippen molar-refractivity contribution in [2.45, 2.75) is 136 Å². The molecule has 1 spiro atoms. The van der Waals surface area contributed by atoms with E-state index in [0.29, 0.717) is 5.56 Å². The van der Waals surface area contributed by atoms with Crippen molar-refractivity contribution < 1.29 is 11.6 Å². The summed E-state index contributed by atoms with van der Waals surface area (Å²) in [6.07, 6.45) is 0. The Labute approximate surface area is 582 Å². The Bertz CT molecular complexity index is 5420. The van der Waals surface area contributed by atoms with Crippen LogP contribution >= 0.6 is 0 Å². The molecule has 0 aliphatic carbocycles. The van der Waals surface area contributed by atoms with Gasteiger partial charge in [-0.2, -0.15) is 0 Å². The van der Waals surface area contributed by atoms with E-state index in [-0.39, 0.29) is 56.8 Å². The van der Waals surface area contributed by atoms with Gasteiger partial charge in [0.25, 0.3) is 0 Å². The Morgan fingerprint density at radius 1 is 0.351 bits per heavy atom. The average molecular weight is 1260 g/mol. The molecule has 0 unspecified atom stereocenters. The molecule has 16 rings (SSSR count). The normalized spacial score (nSPS) is 14.8. The van der Waals surface area contributed by atoms with Crippen LogP contribution in [0.25, 0.3) is 72.0 Å². The Hall–Kier alpha value is -9.90. The molecule has 4 heteroatoms. The predicted octanol–water partition coefficient (Wildman–Crippen LogP) is 23.0. The minimum absolute atomic E-state index is 0.130. The third-order valence-electron chi connectivity index (χ3n) is 21.1. The highest BCUT2D eigenvalue weighted by atomic mass is 16.5. The van der Waals surface area contributed by atoms with E-state index in [0.717, 1.165) is 117 Å². The second kappa shape index (κ2) is 22.1. The summed E-state index contributed by atoms with van der Waals surface area (Å²) >= 11 is 0. The molecule has 13 aromatic rings. The van der Waals surface area contributed by atoms with Crippen molar-refractivity contribution in [2.24, 2.45) is 0 Å². The van der Waals surface area contributed by atoms with Crippen LogP contribution in [0.4, 0.5) is 17.1 Å². The van der Waals surface area contributed by atoms with Gasteiger partial charge in [0.05, 0.1) is 29.0 Å². The van der Waals surface area contributed by atoms with Crippen molar-refractivity contribution in [3.63, 3.8) is 0 Å². The maximum Gasteiger partial charge on any atom is 0.247 e. The number of para-hydroxylation sites is 2. The monoisotopic (exact) mass is 1260 g/mol. The van der Waals surface area contributed by atoms with E-state index in [1.165, 1.54) is 38.6 Å². The van der Waals surface area contributed by atoms with Gasteiger partial charge < -0.3 is 14.2 Å². The first-order valence-electron chi connectivity index (χ1n) is 37.1. The van der Waals surface area contributed by atoms with Gasteiger partial charge in [0.2, 0.25) is 6.71 Å². The molecule has 0 fully saturated rings. The third-order valence-corrected chi connectivity index (χ3v) is 21.1. The van der Waals surface area contributed by atoms with E-state index < -0.39 is 18.2 Å². The van der Waals surface area contributed by atoms with E-state index in [1.54, 1.807) is 0 Å². The lowest BCUT2D eigenvalue weighted by Gasteiger charge is -2.50. The fraction of sp³-hybridized carbons (Fsp3) is 0.226. The maximum absolute atomic E-state index is 9.69. The number of ether oxygens (including phenoxy) is 1. The zero-order valence-electron chi connectivity index (χ0n) is 63.7. The maximum atomic E-state index is 9.69. The van der Waals surface area contributed by atoms with Crippen LogP contribution in [-0.2, 0) is 32.5 Å². The summed E-state index contributed by atoms with van der Waals surface area (Å²) in [7, 11) is 0. The number of hydrogen-bond acceptors (Lipinski definition) is 2. The summed E-state index contributed by atoms with van der Waals surface area (Å²) < 4.78 is 56.3. The lowest BCUT2D eigenvalue weighted by Crippen LogP contribution is -2.65. The highest BCUT2D eigenvalue weighted by Gasteiger charge is 2.55. The van der Waals surface area contributed by atoms with Gasteiger partial charge >= 0.3 is 0 Å². The zero-order chi connectivity index (χ0) is 71.8.